The van der Waals surface area contributed by atoms with Crippen molar-refractivity contribution in [2.24, 2.45) is 4.99 Å². The normalized spacial score (nSPS) is 15.9. The minimum atomic E-state index is -0.151. The topological polar surface area (TPSA) is 59.0 Å². The highest BCUT2D eigenvalue weighted by atomic mass is 35.5. The average molecular weight is 417 g/mol. The number of carbonyl (C=O) groups excluding carboxylic acids is 2. The molecule has 0 N–H and O–H groups in total. The molecule has 28 heavy (non-hydrogen) atoms. The molecular formula is C21H21ClN2O3S. The number of hydrogen-bond donors (Lipinski definition) is 0. The molecular weight excluding hydrogens is 396 g/mol. The summed E-state index contributed by atoms with van der Waals surface area (Å²) >= 11 is 7.56. The molecule has 0 aromatic heterocycles. The summed E-state index contributed by atoms with van der Waals surface area (Å²) in [6, 6.07) is 12.4. The summed E-state index contributed by atoms with van der Waals surface area (Å²) in [4.78, 5) is 31.3. The lowest BCUT2D eigenvalue weighted by Crippen LogP contribution is -2.36. The molecule has 0 fully saturated rings. The van der Waals surface area contributed by atoms with E-state index in [0.29, 0.717) is 32.8 Å². The summed E-state index contributed by atoms with van der Waals surface area (Å²) < 4.78 is 5.39. The predicted molar refractivity (Wildman–Crippen MR) is 115 cm³/mol. The highest BCUT2D eigenvalue weighted by molar-refractivity contribution is 8.14. The van der Waals surface area contributed by atoms with E-state index in [1.165, 1.54) is 6.92 Å². The molecule has 0 radical (unpaired) electrons. The third kappa shape index (κ3) is 4.56. The molecule has 1 unspecified atom stereocenters. The van der Waals surface area contributed by atoms with E-state index in [2.05, 4.69) is 4.99 Å². The Balaban J connectivity index is 1.96. The van der Waals surface area contributed by atoms with Crippen LogP contribution < -0.4 is 9.64 Å². The van der Waals surface area contributed by atoms with Gasteiger partial charge in [0.25, 0.3) is 0 Å². The fraction of sp³-hybridized carbons (Fsp3) is 0.286. The fourth-order valence-corrected chi connectivity index (χ4v) is 4.09. The summed E-state index contributed by atoms with van der Waals surface area (Å²) in [7, 11) is 1.55. The Bertz CT molecular complexity index is 928. The molecule has 1 atom stereocenters. The lowest BCUT2D eigenvalue weighted by atomic mass is 10.0. The van der Waals surface area contributed by atoms with Crippen LogP contribution in [0.1, 0.15) is 29.8 Å². The number of ketones is 1. The Morgan fingerprint density at radius 3 is 2.54 bits per heavy atom. The zero-order chi connectivity index (χ0) is 20.3. The Hall–Kier alpha value is -2.31. The SMILES string of the molecule is COc1ccc(C(C)=O)cc1CC(=O)N(C1=NC(C)CS1)c1ccc(Cl)cc1. The second-order valence-corrected chi connectivity index (χ2v) is 7.96. The molecule has 2 aromatic rings. The monoisotopic (exact) mass is 416 g/mol. The van der Waals surface area contributed by atoms with Crippen molar-refractivity contribution in [3.05, 3.63) is 58.6 Å². The zero-order valence-corrected chi connectivity index (χ0v) is 17.5. The van der Waals surface area contributed by atoms with E-state index in [1.54, 1.807) is 66.2 Å². The number of thioether (sulfide) groups is 1. The Morgan fingerprint density at radius 1 is 1.25 bits per heavy atom. The van der Waals surface area contributed by atoms with Crippen molar-refractivity contribution in [3.8, 4) is 5.75 Å². The van der Waals surface area contributed by atoms with Crippen LogP contribution in [0.25, 0.3) is 0 Å². The maximum atomic E-state index is 13.3. The number of aliphatic imine (C=N–C) groups is 1. The zero-order valence-electron chi connectivity index (χ0n) is 15.9. The standard InChI is InChI=1S/C21H21ClN2O3S/c1-13-12-28-21(23-13)24(18-7-5-17(22)6-8-18)20(26)11-16-10-15(14(2)25)4-9-19(16)27-3/h4-10,13H,11-12H2,1-3H3. The van der Waals surface area contributed by atoms with E-state index in [1.807, 2.05) is 6.92 Å². The molecule has 0 saturated heterocycles. The number of anilines is 1. The number of Topliss-reactive ketones (excluding diaryl/α,β-unsaturated/α-hetero) is 1. The van der Waals surface area contributed by atoms with Crippen LogP contribution in [0.5, 0.6) is 5.75 Å². The maximum absolute atomic E-state index is 13.3. The van der Waals surface area contributed by atoms with Crippen LogP contribution in [0.2, 0.25) is 5.02 Å². The molecule has 0 saturated carbocycles. The quantitative estimate of drug-likeness (QED) is 0.667. The minimum Gasteiger partial charge on any atom is -0.496 e. The summed E-state index contributed by atoms with van der Waals surface area (Å²) in [5, 5.41) is 1.27. The molecule has 2 aromatic carbocycles. The van der Waals surface area contributed by atoms with Gasteiger partial charge in [0.2, 0.25) is 5.91 Å². The van der Waals surface area contributed by atoms with Crippen LogP contribution in [0.15, 0.2) is 47.5 Å². The van der Waals surface area contributed by atoms with Gasteiger partial charge in [-0.1, -0.05) is 23.4 Å². The van der Waals surface area contributed by atoms with Gasteiger partial charge in [-0.15, -0.1) is 0 Å². The molecule has 1 amide bonds. The van der Waals surface area contributed by atoms with E-state index in [0.717, 1.165) is 5.75 Å². The molecule has 5 nitrogen and oxygen atoms in total. The van der Waals surface area contributed by atoms with E-state index in [4.69, 9.17) is 16.3 Å². The number of amidine groups is 1. The second-order valence-electron chi connectivity index (χ2n) is 6.54. The smallest absolute Gasteiger partial charge is 0.237 e. The van der Waals surface area contributed by atoms with Gasteiger partial charge in [0.1, 0.15) is 5.75 Å². The predicted octanol–water partition coefficient (Wildman–Crippen LogP) is 4.62. The third-order valence-corrected chi connectivity index (χ3v) is 5.79. The van der Waals surface area contributed by atoms with E-state index < -0.39 is 0 Å². The van der Waals surface area contributed by atoms with E-state index >= 15 is 0 Å². The van der Waals surface area contributed by atoms with Crippen LogP contribution in [-0.2, 0) is 11.2 Å². The number of ether oxygens (including phenoxy) is 1. The van der Waals surface area contributed by atoms with E-state index in [9.17, 15) is 9.59 Å². The van der Waals surface area contributed by atoms with Gasteiger partial charge >= 0.3 is 0 Å². The van der Waals surface area contributed by atoms with Gasteiger partial charge in [-0.25, -0.2) is 0 Å². The number of halogens is 1. The van der Waals surface area contributed by atoms with Crippen LogP contribution in [0, 0.1) is 0 Å². The lowest BCUT2D eigenvalue weighted by molar-refractivity contribution is -0.117. The largest absolute Gasteiger partial charge is 0.496 e. The summed E-state index contributed by atoms with van der Waals surface area (Å²) in [6.45, 7) is 3.52. The number of carbonyl (C=O) groups is 2. The summed E-state index contributed by atoms with van der Waals surface area (Å²) in [5.74, 6) is 1.19. The number of amides is 1. The molecule has 7 heteroatoms. The van der Waals surface area contributed by atoms with Gasteiger partial charge in [-0.3, -0.25) is 19.5 Å². The molecule has 1 aliphatic heterocycles. The molecule has 0 bridgehead atoms. The molecule has 3 rings (SSSR count). The summed E-state index contributed by atoms with van der Waals surface area (Å²) in [6.07, 6.45) is 0.0842. The van der Waals surface area contributed by atoms with Gasteiger partial charge in [0, 0.05) is 21.9 Å². The van der Waals surface area contributed by atoms with Crippen LogP contribution in [0.4, 0.5) is 5.69 Å². The minimum absolute atomic E-state index is 0.0598. The first-order chi connectivity index (χ1) is 13.4. The Morgan fingerprint density at radius 2 is 1.96 bits per heavy atom. The van der Waals surface area contributed by atoms with Gasteiger partial charge in [-0.05, 0) is 56.3 Å². The fourth-order valence-electron chi connectivity index (χ4n) is 2.91. The van der Waals surface area contributed by atoms with Crippen LogP contribution in [0.3, 0.4) is 0 Å². The van der Waals surface area contributed by atoms with Gasteiger partial charge < -0.3 is 4.74 Å². The van der Waals surface area contributed by atoms with Crippen molar-refractivity contribution in [1.82, 2.24) is 0 Å². The number of rotatable bonds is 5. The molecule has 0 spiro atoms. The molecule has 0 aliphatic carbocycles. The van der Waals surface area contributed by atoms with Crippen molar-refractivity contribution in [2.45, 2.75) is 26.3 Å². The van der Waals surface area contributed by atoms with Crippen molar-refractivity contribution in [1.29, 1.82) is 0 Å². The number of methoxy groups -OCH3 is 1. The average Bonchev–Trinajstić information content (AvgIpc) is 3.09. The first kappa shape index (κ1) is 20.4. The Labute approximate surface area is 173 Å². The maximum Gasteiger partial charge on any atom is 0.237 e. The first-order valence-electron chi connectivity index (χ1n) is 8.86. The van der Waals surface area contributed by atoms with Gasteiger partial charge in [0.05, 0.1) is 25.3 Å². The number of nitrogens with zero attached hydrogens (tertiary/aromatic N) is 2. The van der Waals surface area contributed by atoms with Gasteiger partial charge in [-0.2, -0.15) is 0 Å². The second kappa shape index (κ2) is 8.80. The van der Waals surface area contributed by atoms with E-state index in [-0.39, 0.29) is 24.2 Å². The number of hydrogen-bond acceptors (Lipinski definition) is 5. The summed E-state index contributed by atoms with van der Waals surface area (Å²) in [5.41, 5.74) is 1.91. The first-order valence-corrected chi connectivity index (χ1v) is 10.2. The molecule has 146 valence electrons. The Kier molecular flexibility index (Phi) is 6.42. The van der Waals surface area contributed by atoms with Crippen molar-refractivity contribution in [3.63, 3.8) is 0 Å². The van der Waals surface area contributed by atoms with Crippen molar-refractivity contribution in [2.75, 3.05) is 17.8 Å². The number of benzene rings is 2. The van der Waals surface area contributed by atoms with Crippen molar-refractivity contribution >= 4 is 45.9 Å². The lowest BCUT2D eigenvalue weighted by Gasteiger charge is -2.23. The third-order valence-electron chi connectivity index (χ3n) is 4.34. The van der Waals surface area contributed by atoms with Crippen LogP contribution >= 0.6 is 23.4 Å². The highest BCUT2D eigenvalue weighted by Crippen LogP contribution is 2.29. The van der Waals surface area contributed by atoms with Crippen molar-refractivity contribution < 1.29 is 14.3 Å². The molecule has 1 heterocycles. The van der Waals surface area contributed by atoms with Crippen LogP contribution in [-0.4, -0.2) is 35.8 Å². The highest BCUT2D eigenvalue weighted by Gasteiger charge is 2.27. The van der Waals surface area contributed by atoms with Gasteiger partial charge in [0.15, 0.2) is 11.0 Å². The molecule has 1 aliphatic rings.